The van der Waals surface area contributed by atoms with Crippen molar-refractivity contribution in [3.05, 3.63) is 50.0 Å². The Balaban J connectivity index is 1.86. The van der Waals surface area contributed by atoms with Crippen LogP contribution in [-0.2, 0) is 6.42 Å². The van der Waals surface area contributed by atoms with Crippen LogP contribution in [0.25, 0.3) is 11.1 Å². The van der Waals surface area contributed by atoms with Gasteiger partial charge in [0.2, 0.25) is 5.89 Å². The van der Waals surface area contributed by atoms with Gasteiger partial charge in [-0.1, -0.05) is 23.2 Å². The number of nitrogens with one attached hydrogen (secondary N) is 1. The van der Waals surface area contributed by atoms with Crippen molar-refractivity contribution in [1.82, 2.24) is 10.3 Å². The summed E-state index contributed by atoms with van der Waals surface area (Å²) in [5.41, 5.74) is 2.53. The Kier molecular flexibility index (Phi) is 3.00. The van der Waals surface area contributed by atoms with Crippen molar-refractivity contribution in [3.8, 4) is 0 Å². The number of benzene rings is 1. The van der Waals surface area contributed by atoms with Gasteiger partial charge in [-0.3, -0.25) is 0 Å². The molecule has 4 rings (SSSR count). The summed E-state index contributed by atoms with van der Waals surface area (Å²) in [7, 11) is 0. The quantitative estimate of drug-likeness (QED) is 0.719. The van der Waals surface area contributed by atoms with E-state index in [1.807, 2.05) is 0 Å². The predicted molar refractivity (Wildman–Crippen MR) is 81.9 cm³/mol. The smallest absolute Gasteiger partial charge is 0.217 e. The molecular formula is C14H10Cl2N2OS. The molecular weight excluding hydrogens is 315 g/mol. The number of aromatic nitrogens is 1. The second-order valence-corrected chi connectivity index (χ2v) is 6.57. The fourth-order valence-electron chi connectivity index (χ4n) is 2.57. The molecule has 2 aromatic heterocycles. The molecule has 1 aliphatic rings. The first kappa shape index (κ1) is 12.7. The molecule has 0 radical (unpaired) electrons. The number of nitrogens with zero attached hydrogens (tertiary/aromatic N) is 1. The molecule has 6 heteroatoms. The molecule has 0 fully saturated rings. The van der Waals surface area contributed by atoms with Gasteiger partial charge in [-0.05, 0) is 35.6 Å². The molecule has 3 nitrogen and oxygen atoms in total. The lowest BCUT2D eigenvalue weighted by molar-refractivity contribution is 0.442. The van der Waals surface area contributed by atoms with Crippen LogP contribution in [0.3, 0.4) is 0 Å². The number of hydrogen-bond acceptors (Lipinski definition) is 4. The van der Waals surface area contributed by atoms with Gasteiger partial charge in [-0.2, -0.15) is 0 Å². The number of oxazole rings is 1. The van der Waals surface area contributed by atoms with Crippen LogP contribution < -0.4 is 5.32 Å². The summed E-state index contributed by atoms with van der Waals surface area (Å²) in [6, 6.07) is 5.56. The molecule has 0 spiro atoms. The molecule has 1 aromatic carbocycles. The molecule has 1 N–H and O–H groups in total. The van der Waals surface area contributed by atoms with Gasteiger partial charge in [-0.15, -0.1) is 11.3 Å². The van der Waals surface area contributed by atoms with E-state index in [1.54, 1.807) is 23.5 Å². The zero-order valence-corrected chi connectivity index (χ0v) is 12.6. The number of thiophene rings is 1. The van der Waals surface area contributed by atoms with Crippen molar-refractivity contribution < 1.29 is 4.42 Å². The summed E-state index contributed by atoms with van der Waals surface area (Å²) < 4.78 is 5.86. The van der Waals surface area contributed by atoms with Crippen molar-refractivity contribution in [3.63, 3.8) is 0 Å². The van der Waals surface area contributed by atoms with E-state index >= 15 is 0 Å². The Hall–Kier alpha value is -1.07. The number of halogens is 2. The van der Waals surface area contributed by atoms with E-state index in [2.05, 4.69) is 21.7 Å². The summed E-state index contributed by atoms with van der Waals surface area (Å²) in [5, 5.41) is 6.61. The Labute approximate surface area is 129 Å². The third-order valence-electron chi connectivity index (χ3n) is 3.46. The van der Waals surface area contributed by atoms with Crippen molar-refractivity contribution in [2.75, 3.05) is 6.54 Å². The van der Waals surface area contributed by atoms with Crippen LogP contribution in [0.4, 0.5) is 0 Å². The van der Waals surface area contributed by atoms with E-state index in [4.69, 9.17) is 27.6 Å². The average molecular weight is 325 g/mol. The van der Waals surface area contributed by atoms with Gasteiger partial charge in [0.15, 0.2) is 5.58 Å². The minimum absolute atomic E-state index is 0.00718. The molecule has 0 amide bonds. The Bertz CT molecular complexity index is 796. The maximum Gasteiger partial charge on any atom is 0.217 e. The van der Waals surface area contributed by atoms with Gasteiger partial charge in [0.1, 0.15) is 11.6 Å². The van der Waals surface area contributed by atoms with Crippen LogP contribution in [0.1, 0.15) is 22.4 Å². The summed E-state index contributed by atoms with van der Waals surface area (Å²) in [5.74, 6) is 0.642. The second kappa shape index (κ2) is 4.74. The second-order valence-electron chi connectivity index (χ2n) is 4.72. The molecule has 1 atom stereocenters. The molecule has 0 aliphatic carbocycles. The van der Waals surface area contributed by atoms with Crippen molar-refractivity contribution >= 4 is 45.6 Å². The van der Waals surface area contributed by atoms with E-state index in [-0.39, 0.29) is 6.04 Å². The average Bonchev–Trinajstić information content (AvgIpc) is 3.03. The summed E-state index contributed by atoms with van der Waals surface area (Å²) in [4.78, 5) is 5.93. The first-order valence-electron chi connectivity index (χ1n) is 6.27. The SMILES string of the molecule is Clc1cc(Cl)c2oc(C3NCCc4sccc43)nc2c1. The van der Waals surface area contributed by atoms with E-state index < -0.39 is 0 Å². The maximum absolute atomic E-state index is 6.16. The first-order chi connectivity index (χ1) is 9.72. The van der Waals surface area contributed by atoms with E-state index in [1.165, 1.54) is 10.4 Å². The third-order valence-corrected chi connectivity index (χ3v) is 4.96. The highest BCUT2D eigenvalue weighted by Gasteiger charge is 2.27. The summed E-state index contributed by atoms with van der Waals surface area (Å²) >= 11 is 13.9. The summed E-state index contributed by atoms with van der Waals surface area (Å²) in [6.07, 6.45) is 1.05. The number of hydrogen-bond donors (Lipinski definition) is 1. The molecule has 0 saturated heterocycles. The third kappa shape index (κ3) is 1.95. The van der Waals surface area contributed by atoms with Gasteiger partial charge in [0, 0.05) is 16.4 Å². The van der Waals surface area contributed by atoms with Crippen LogP contribution in [-0.4, -0.2) is 11.5 Å². The van der Waals surface area contributed by atoms with Crippen LogP contribution >= 0.6 is 34.5 Å². The molecule has 3 aromatic rings. The van der Waals surface area contributed by atoms with Crippen molar-refractivity contribution in [2.24, 2.45) is 0 Å². The molecule has 0 saturated carbocycles. The number of fused-ring (bicyclic) bond motifs is 2. The highest BCUT2D eigenvalue weighted by atomic mass is 35.5. The molecule has 20 heavy (non-hydrogen) atoms. The van der Waals surface area contributed by atoms with Crippen molar-refractivity contribution in [1.29, 1.82) is 0 Å². The highest BCUT2D eigenvalue weighted by Crippen LogP contribution is 2.35. The zero-order chi connectivity index (χ0) is 13.7. The topological polar surface area (TPSA) is 38.1 Å². The molecule has 102 valence electrons. The molecule has 1 aliphatic heterocycles. The largest absolute Gasteiger partial charge is 0.437 e. The van der Waals surface area contributed by atoms with E-state index in [0.29, 0.717) is 27.0 Å². The van der Waals surface area contributed by atoms with Gasteiger partial charge in [-0.25, -0.2) is 4.98 Å². The highest BCUT2D eigenvalue weighted by molar-refractivity contribution is 7.10. The fraction of sp³-hybridized carbons (Fsp3) is 0.214. The minimum atomic E-state index is -0.00718. The normalized spacial score (nSPS) is 18.4. The lowest BCUT2D eigenvalue weighted by atomic mass is 10.0. The minimum Gasteiger partial charge on any atom is -0.437 e. The van der Waals surface area contributed by atoms with Crippen LogP contribution in [0.15, 0.2) is 28.0 Å². The maximum atomic E-state index is 6.16. The van der Waals surface area contributed by atoms with Gasteiger partial charge >= 0.3 is 0 Å². The number of rotatable bonds is 1. The monoisotopic (exact) mass is 324 g/mol. The van der Waals surface area contributed by atoms with Gasteiger partial charge in [0.25, 0.3) is 0 Å². The van der Waals surface area contributed by atoms with E-state index in [0.717, 1.165) is 13.0 Å². The van der Waals surface area contributed by atoms with Crippen LogP contribution in [0, 0.1) is 0 Å². The Morgan fingerprint density at radius 2 is 2.25 bits per heavy atom. The standard InChI is InChI=1S/C14H10Cl2N2OS/c15-7-5-9(16)13-10(6-7)18-14(19-13)12-8-2-4-20-11(8)1-3-17-12/h2,4-6,12,17H,1,3H2. The molecule has 3 heterocycles. The lowest BCUT2D eigenvalue weighted by Gasteiger charge is -2.21. The lowest BCUT2D eigenvalue weighted by Crippen LogP contribution is -2.29. The van der Waals surface area contributed by atoms with Crippen LogP contribution in [0.2, 0.25) is 10.0 Å². The van der Waals surface area contributed by atoms with Crippen LogP contribution in [0.5, 0.6) is 0 Å². The summed E-state index contributed by atoms with van der Waals surface area (Å²) in [6.45, 7) is 0.922. The molecule has 1 unspecified atom stereocenters. The van der Waals surface area contributed by atoms with Crippen molar-refractivity contribution in [2.45, 2.75) is 12.5 Å². The van der Waals surface area contributed by atoms with E-state index in [9.17, 15) is 0 Å². The van der Waals surface area contributed by atoms with Gasteiger partial charge in [0.05, 0.1) is 5.02 Å². The Morgan fingerprint density at radius 3 is 3.15 bits per heavy atom. The predicted octanol–water partition coefficient (Wildman–Crippen LogP) is 4.43. The van der Waals surface area contributed by atoms with Gasteiger partial charge < -0.3 is 9.73 Å². The molecule has 0 bridgehead atoms. The fourth-order valence-corrected chi connectivity index (χ4v) is 4.01. The first-order valence-corrected chi connectivity index (χ1v) is 7.91. The zero-order valence-electron chi connectivity index (χ0n) is 10.3. The Morgan fingerprint density at radius 1 is 1.35 bits per heavy atom.